The van der Waals surface area contributed by atoms with Crippen LogP contribution in [0.2, 0.25) is 0 Å². The van der Waals surface area contributed by atoms with Crippen LogP contribution in [-0.4, -0.2) is 21.4 Å². The van der Waals surface area contributed by atoms with Gasteiger partial charge in [-0.1, -0.05) is 26.0 Å². The second kappa shape index (κ2) is 6.54. The van der Waals surface area contributed by atoms with Crippen LogP contribution in [0.15, 0.2) is 54.9 Å². The van der Waals surface area contributed by atoms with Crippen molar-refractivity contribution >= 4 is 22.8 Å². The first-order valence-corrected chi connectivity index (χ1v) is 7.69. The van der Waals surface area contributed by atoms with Gasteiger partial charge in [-0.25, -0.2) is 4.98 Å². The van der Waals surface area contributed by atoms with Gasteiger partial charge in [-0.05, 0) is 36.4 Å². The fraction of sp³-hybridized carbons (Fsp3) is 0.167. The molecule has 1 heterocycles. The fourth-order valence-corrected chi connectivity index (χ4v) is 2.27. The van der Waals surface area contributed by atoms with Crippen molar-refractivity contribution in [3.05, 3.63) is 60.4 Å². The maximum absolute atomic E-state index is 12.0. The van der Waals surface area contributed by atoms with Crippen LogP contribution in [0.4, 0.5) is 0 Å². The fourth-order valence-electron chi connectivity index (χ4n) is 2.27. The molecular weight excluding hydrogens is 304 g/mol. The van der Waals surface area contributed by atoms with Gasteiger partial charge in [-0.2, -0.15) is 0 Å². The van der Waals surface area contributed by atoms with Crippen molar-refractivity contribution < 1.29 is 9.59 Å². The number of nitrogens with zero attached hydrogens (tertiary/aromatic N) is 2. The van der Waals surface area contributed by atoms with Crippen LogP contribution in [0.25, 0.3) is 16.7 Å². The maximum atomic E-state index is 12.0. The number of nitrogens with one attached hydrogen (secondary N) is 2. The molecule has 1 aromatic heterocycles. The van der Waals surface area contributed by atoms with Crippen molar-refractivity contribution in [2.24, 2.45) is 5.92 Å². The zero-order valence-electron chi connectivity index (χ0n) is 13.5. The van der Waals surface area contributed by atoms with Crippen LogP contribution in [0.3, 0.4) is 0 Å². The van der Waals surface area contributed by atoms with Gasteiger partial charge in [0.05, 0.1) is 11.0 Å². The highest BCUT2D eigenvalue weighted by Gasteiger charge is 2.10. The van der Waals surface area contributed by atoms with Gasteiger partial charge < -0.3 is 0 Å². The third-order valence-electron chi connectivity index (χ3n) is 3.68. The Morgan fingerprint density at radius 1 is 1.00 bits per heavy atom. The summed E-state index contributed by atoms with van der Waals surface area (Å²) in [4.78, 5) is 27.9. The lowest BCUT2D eigenvalue weighted by Crippen LogP contribution is -2.43. The molecule has 0 bridgehead atoms. The summed E-state index contributed by atoms with van der Waals surface area (Å²) in [7, 11) is 0. The summed E-state index contributed by atoms with van der Waals surface area (Å²) in [6.07, 6.45) is 1.75. The number of rotatable bonds is 3. The summed E-state index contributed by atoms with van der Waals surface area (Å²) in [5, 5.41) is 0. The van der Waals surface area contributed by atoms with Gasteiger partial charge in [-0.3, -0.25) is 25.0 Å². The summed E-state index contributed by atoms with van der Waals surface area (Å²) in [6, 6.07) is 14.9. The number of amides is 2. The Labute approximate surface area is 139 Å². The summed E-state index contributed by atoms with van der Waals surface area (Å²) < 4.78 is 1.96. The standard InChI is InChI=1S/C18H18N4O2/c1-12(2)17(23)20-21-18(24)13-7-9-14(10-8-13)22-11-19-15-5-3-4-6-16(15)22/h3-12H,1-2H3,(H,20,23)(H,21,24). The van der Waals surface area contributed by atoms with E-state index in [1.165, 1.54) is 0 Å². The van der Waals surface area contributed by atoms with Gasteiger partial charge in [0, 0.05) is 17.2 Å². The normalized spacial score (nSPS) is 10.8. The maximum Gasteiger partial charge on any atom is 0.269 e. The van der Waals surface area contributed by atoms with E-state index in [2.05, 4.69) is 15.8 Å². The lowest BCUT2D eigenvalue weighted by Gasteiger charge is -2.10. The van der Waals surface area contributed by atoms with Gasteiger partial charge >= 0.3 is 0 Å². The quantitative estimate of drug-likeness (QED) is 0.727. The minimum absolute atomic E-state index is 0.192. The molecule has 2 aromatic carbocycles. The molecule has 6 nitrogen and oxygen atoms in total. The number of hydrogen-bond acceptors (Lipinski definition) is 3. The molecule has 0 radical (unpaired) electrons. The van der Waals surface area contributed by atoms with E-state index in [9.17, 15) is 9.59 Å². The predicted molar refractivity (Wildman–Crippen MR) is 91.5 cm³/mol. The third kappa shape index (κ3) is 3.12. The number of hydrazine groups is 1. The molecule has 24 heavy (non-hydrogen) atoms. The first-order valence-electron chi connectivity index (χ1n) is 7.69. The first kappa shape index (κ1) is 15.7. The zero-order valence-corrected chi connectivity index (χ0v) is 13.5. The summed E-state index contributed by atoms with van der Waals surface area (Å²) >= 11 is 0. The summed E-state index contributed by atoms with van der Waals surface area (Å²) in [5.74, 6) is -0.780. The average molecular weight is 322 g/mol. The molecule has 2 amide bonds. The molecule has 0 saturated heterocycles. The molecule has 2 N–H and O–H groups in total. The molecule has 0 unspecified atom stereocenters. The number of benzene rings is 2. The Balaban J connectivity index is 1.76. The number of carbonyl (C=O) groups excluding carboxylic acids is 2. The second-order valence-corrected chi connectivity index (χ2v) is 5.75. The van der Waals surface area contributed by atoms with Crippen LogP contribution in [0.1, 0.15) is 24.2 Å². The third-order valence-corrected chi connectivity index (χ3v) is 3.68. The molecule has 0 saturated carbocycles. The summed E-state index contributed by atoms with van der Waals surface area (Å²) in [5.41, 5.74) is 8.08. The molecule has 3 rings (SSSR count). The van der Waals surface area contributed by atoms with E-state index < -0.39 is 0 Å². The number of carbonyl (C=O) groups is 2. The van der Waals surface area contributed by atoms with Crippen molar-refractivity contribution in [1.82, 2.24) is 20.4 Å². The van der Waals surface area contributed by atoms with Crippen LogP contribution in [0.5, 0.6) is 0 Å². The van der Waals surface area contributed by atoms with Gasteiger partial charge in [0.2, 0.25) is 5.91 Å². The Hall–Kier alpha value is -3.15. The Morgan fingerprint density at radius 3 is 2.42 bits per heavy atom. The average Bonchev–Trinajstić information content (AvgIpc) is 3.03. The first-order chi connectivity index (χ1) is 11.6. The van der Waals surface area contributed by atoms with Crippen molar-refractivity contribution in [3.8, 4) is 5.69 Å². The predicted octanol–water partition coefficient (Wildman–Crippen LogP) is 2.44. The van der Waals surface area contributed by atoms with Crippen LogP contribution < -0.4 is 10.9 Å². The van der Waals surface area contributed by atoms with Crippen molar-refractivity contribution in [2.75, 3.05) is 0 Å². The molecule has 0 aliphatic heterocycles. The number of imidazole rings is 1. The van der Waals surface area contributed by atoms with Crippen molar-refractivity contribution in [3.63, 3.8) is 0 Å². The molecule has 0 fully saturated rings. The van der Waals surface area contributed by atoms with E-state index in [1.54, 1.807) is 32.3 Å². The number of hydrogen-bond donors (Lipinski definition) is 2. The minimum atomic E-state index is -0.356. The van der Waals surface area contributed by atoms with Crippen molar-refractivity contribution in [1.29, 1.82) is 0 Å². The van der Waals surface area contributed by atoms with E-state index in [0.717, 1.165) is 16.7 Å². The lowest BCUT2D eigenvalue weighted by atomic mass is 10.2. The topological polar surface area (TPSA) is 76.0 Å². The van der Waals surface area contributed by atoms with Gasteiger partial charge in [0.15, 0.2) is 0 Å². The van der Waals surface area contributed by atoms with E-state index in [-0.39, 0.29) is 17.7 Å². The SMILES string of the molecule is CC(C)C(=O)NNC(=O)c1ccc(-n2cnc3ccccc32)cc1. The molecule has 122 valence electrons. The Morgan fingerprint density at radius 2 is 1.71 bits per heavy atom. The van der Waals surface area contributed by atoms with E-state index >= 15 is 0 Å². The number of aromatic nitrogens is 2. The number of para-hydroxylation sites is 2. The van der Waals surface area contributed by atoms with Crippen LogP contribution >= 0.6 is 0 Å². The molecule has 0 spiro atoms. The van der Waals surface area contributed by atoms with Crippen LogP contribution in [-0.2, 0) is 4.79 Å². The Kier molecular flexibility index (Phi) is 4.29. The zero-order chi connectivity index (χ0) is 17.1. The monoisotopic (exact) mass is 322 g/mol. The van der Waals surface area contributed by atoms with Gasteiger partial charge in [-0.15, -0.1) is 0 Å². The smallest absolute Gasteiger partial charge is 0.269 e. The second-order valence-electron chi connectivity index (χ2n) is 5.75. The molecule has 0 aliphatic carbocycles. The Bertz CT molecular complexity index is 881. The molecular formula is C18H18N4O2. The van der Waals surface area contributed by atoms with E-state index in [0.29, 0.717) is 5.56 Å². The van der Waals surface area contributed by atoms with E-state index in [4.69, 9.17) is 0 Å². The molecule has 6 heteroatoms. The molecule has 3 aromatic rings. The highest BCUT2D eigenvalue weighted by atomic mass is 16.2. The summed E-state index contributed by atoms with van der Waals surface area (Å²) in [6.45, 7) is 3.51. The highest BCUT2D eigenvalue weighted by Crippen LogP contribution is 2.18. The highest BCUT2D eigenvalue weighted by molar-refractivity contribution is 5.95. The number of fused-ring (bicyclic) bond motifs is 1. The lowest BCUT2D eigenvalue weighted by molar-refractivity contribution is -0.124. The molecule has 0 aliphatic rings. The van der Waals surface area contributed by atoms with Gasteiger partial charge in [0.25, 0.3) is 5.91 Å². The van der Waals surface area contributed by atoms with Crippen molar-refractivity contribution in [2.45, 2.75) is 13.8 Å². The van der Waals surface area contributed by atoms with Crippen LogP contribution in [0, 0.1) is 5.92 Å². The van der Waals surface area contributed by atoms with E-state index in [1.807, 2.05) is 41.0 Å². The molecule has 0 atom stereocenters. The minimum Gasteiger partial charge on any atom is -0.299 e. The largest absolute Gasteiger partial charge is 0.299 e. The van der Waals surface area contributed by atoms with Gasteiger partial charge in [0.1, 0.15) is 6.33 Å².